The quantitative estimate of drug-likeness (QED) is 0.585. The maximum absolute atomic E-state index is 13.8. The lowest BCUT2D eigenvalue weighted by Gasteiger charge is -2.27. The summed E-state index contributed by atoms with van der Waals surface area (Å²) in [6.45, 7) is 5.80. The normalized spacial score (nSPS) is 16.6. The lowest BCUT2D eigenvalue weighted by molar-refractivity contribution is -0.137. The van der Waals surface area contributed by atoms with Crippen LogP contribution >= 0.6 is 11.8 Å². The first-order valence-electron chi connectivity index (χ1n) is 10.4. The van der Waals surface area contributed by atoms with E-state index in [2.05, 4.69) is 25.3 Å². The highest BCUT2D eigenvalue weighted by molar-refractivity contribution is 8.13. The number of halogens is 1. The molecule has 1 aromatic heterocycles. The first kappa shape index (κ1) is 26.2. The summed E-state index contributed by atoms with van der Waals surface area (Å²) in [5.74, 6) is -0.515. The number of aliphatic carboxylic acids is 1. The summed E-state index contributed by atoms with van der Waals surface area (Å²) in [5.41, 5.74) is -0.462. The molecular weight excluding hydrogens is 451 g/mol. The summed E-state index contributed by atoms with van der Waals surface area (Å²) in [6.07, 6.45) is 2.66. The minimum atomic E-state index is -0.997. The Morgan fingerprint density at radius 1 is 1.36 bits per heavy atom. The number of carbonyl (C=O) groups excluding carboxylic acids is 1. The lowest BCUT2D eigenvalue weighted by atomic mass is 10.2. The van der Waals surface area contributed by atoms with Crippen molar-refractivity contribution in [2.75, 3.05) is 25.5 Å². The average Bonchev–Trinajstić information content (AvgIpc) is 2.84. The Morgan fingerprint density at radius 2 is 2.15 bits per heavy atom. The molecule has 0 unspecified atom stereocenters. The van der Waals surface area contributed by atoms with E-state index < -0.39 is 23.5 Å². The molecule has 1 aliphatic rings. The van der Waals surface area contributed by atoms with Gasteiger partial charge in [0.1, 0.15) is 17.3 Å². The molecule has 0 saturated heterocycles. The molecule has 0 aliphatic carbocycles. The van der Waals surface area contributed by atoms with Gasteiger partial charge in [-0.15, -0.1) is 0 Å². The molecule has 12 heteroatoms. The van der Waals surface area contributed by atoms with Crippen LogP contribution in [0.2, 0.25) is 0 Å². The van der Waals surface area contributed by atoms with E-state index in [4.69, 9.17) is 9.84 Å². The van der Waals surface area contributed by atoms with Crippen LogP contribution in [0.25, 0.3) is 0 Å². The van der Waals surface area contributed by atoms with Crippen molar-refractivity contribution in [3.05, 3.63) is 29.8 Å². The number of thioether (sulfide) groups is 1. The highest BCUT2D eigenvalue weighted by atomic mass is 32.2. The molecule has 10 nitrogen and oxygen atoms in total. The predicted octanol–water partition coefficient (Wildman–Crippen LogP) is 2.94. The summed E-state index contributed by atoms with van der Waals surface area (Å²) >= 11 is 1.41. The Morgan fingerprint density at radius 3 is 2.85 bits per heavy atom. The third-order valence-electron chi connectivity index (χ3n) is 4.13. The molecule has 0 bridgehead atoms. The number of hydrogen-bond donors (Lipinski definition) is 2. The van der Waals surface area contributed by atoms with Crippen molar-refractivity contribution < 1.29 is 23.8 Å². The maximum atomic E-state index is 13.8. The number of amidine groups is 1. The number of hydrogen-bond acceptors (Lipinski definition) is 8. The number of rotatable bonds is 8. The van der Waals surface area contributed by atoms with E-state index in [0.29, 0.717) is 18.1 Å². The van der Waals surface area contributed by atoms with Gasteiger partial charge in [0, 0.05) is 25.7 Å². The Labute approximate surface area is 196 Å². The number of pyridine rings is 1. The van der Waals surface area contributed by atoms with Crippen LogP contribution in [0.3, 0.4) is 0 Å². The molecule has 0 radical (unpaired) electrons. The molecule has 2 N–H and O–H groups in total. The second kappa shape index (κ2) is 12.9. The fraction of sp³-hybridized carbons (Fsp3) is 0.524. The van der Waals surface area contributed by atoms with Gasteiger partial charge >= 0.3 is 12.1 Å². The molecular formula is C21H29FN6O4S. The molecule has 0 aromatic carbocycles. The zero-order valence-corrected chi connectivity index (χ0v) is 19.8. The molecule has 1 aliphatic heterocycles. The molecule has 0 spiro atoms. The van der Waals surface area contributed by atoms with Crippen LogP contribution in [0.4, 0.5) is 9.18 Å². The van der Waals surface area contributed by atoms with Crippen molar-refractivity contribution >= 4 is 41.0 Å². The molecule has 2 heterocycles. The van der Waals surface area contributed by atoms with Crippen LogP contribution < -0.4 is 5.32 Å². The van der Waals surface area contributed by atoms with Gasteiger partial charge in [-0.25, -0.2) is 9.18 Å². The Bertz CT molecular complexity index is 916. The average molecular weight is 481 g/mol. The van der Waals surface area contributed by atoms with Gasteiger partial charge in [-0.3, -0.25) is 24.8 Å². The minimum absolute atomic E-state index is 0.0320. The van der Waals surface area contributed by atoms with Crippen LogP contribution in [0.15, 0.2) is 33.3 Å². The van der Waals surface area contributed by atoms with E-state index >= 15 is 0 Å². The molecule has 0 saturated carbocycles. The second-order valence-corrected chi connectivity index (χ2v) is 9.01. The topological polar surface area (TPSA) is 129 Å². The molecule has 1 aromatic rings. The zero-order chi connectivity index (χ0) is 24.3. The van der Waals surface area contributed by atoms with E-state index in [9.17, 15) is 14.0 Å². The summed E-state index contributed by atoms with van der Waals surface area (Å²) in [7, 11) is 0. The summed E-state index contributed by atoms with van der Waals surface area (Å²) < 4.78 is 19.2. The third-order valence-corrected chi connectivity index (χ3v) is 5.08. The Kier molecular flexibility index (Phi) is 10.2. The standard InChI is InChI=1S/C21H29FN6O4S/c1-21(2,3)32-20(31)28(10-7-19(29)30)9-6-18-26-12-17(27-13-23-14-33-18)25-11-16-15(22)5-4-8-24-16/h4-5,8,13H,6-7,9-12,14H2,1-3H3,(H,29,30)(H,23,25,27). The number of ether oxygens (including phenoxy) is 1. The SMILES string of the molecule is CC(C)(C)OC(=O)N(CCC(=O)O)CCC1=NCC(=NCc2ncccc2F)N/C=N\CS1. The van der Waals surface area contributed by atoms with Crippen LogP contribution in [-0.4, -0.2) is 75.4 Å². The van der Waals surface area contributed by atoms with Crippen LogP contribution in [0.5, 0.6) is 0 Å². The zero-order valence-electron chi connectivity index (χ0n) is 19.0. The predicted molar refractivity (Wildman–Crippen MR) is 126 cm³/mol. The van der Waals surface area contributed by atoms with E-state index in [0.717, 1.165) is 5.04 Å². The minimum Gasteiger partial charge on any atom is -0.481 e. The fourth-order valence-electron chi connectivity index (χ4n) is 2.56. The van der Waals surface area contributed by atoms with Gasteiger partial charge in [-0.05, 0) is 32.9 Å². The van der Waals surface area contributed by atoms with Crippen molar-refractivity contribution in [1.29, 1.82) is 0 Å². The fourth-order valence-corrected chi connectivity index (χ4v) is 3.25. The second-order valence-electron chi connectivity index (χ2n) is 8.00. The first-order valence-corrected chi connectivity index (χ1v) is 11.4. The van der Waals surface area contributed by atoms with Gasteiger partial charge in [0.05, 0.1) is 42.5 Å². The van der Waals surface area contributed by atoms with Crippen molar-refractivity contribution in [1.82, 2.24) is 15.2 Å². The van der Waals surface area contributed by atoms with Gasteiger partial charge in [-0.2, -0.15) is 0 Å². The Hall–Kier alpha value is -3.02. The van der Waals surface area contributed by atoms with Crippen molar-refractivity contribution in [2.24, 2.45) is 15.0 Å². The largest absolute Gasteiger partial charge is 0.481 e. The number of aliphatic imine (C=N–C) groups is 3. The third kappa shape index (κ3) is 10.4. The Balaban J connectivity index is 2.05. The molecule has 0 atom stereocenters. The summed E-state index contributed by atoms with van der Waals surface area (Å²) in [4.78, 5) is 42.0. The van der Waals surface area contributed by atoms with E-state index in [-0.39, 0.29) is 38.3 Å². The van der Waals surface area contributed by atoms with E-state index in [1.165, 1.54) is 41.3 Å². The van der Waals surface area contributed by atoms with Crippen LogP contribution in [0, 0.1) is 5.82 Å². The maximum Gasteiger partial charge on any atom is 0.410 e. The monoisotopic (exact) mass is 480 g/mol. The van der Waals surface area contributed by atoms with Gasteiger partial charge < -0.3 is 20.1 Å². The number of nitrogens with one attached hydrogen (secondary N) is 1. The molecule has 1 amide bonds. The first-order chi connectivity index (χ1) is 15.6. The van der Waals surface area contributed by atoms with Crippen LogP contribution in [0.1, 0.15) is 39.3 Å². The smallest absolute Gasteiger partial charge is 0.410 e. The number of carbonyl (C=O) groups is 2. The number of carboxylic acids is 1. The van der Waals surface area contributed by atoms with Crippen molar-refractivity contribution in [3.63, 3.8) is 0 Å². The van der Waals surface area contributed by atoms with Gasteiger partial charge in [0.25, 0.3) is 0 Å². The number of nitrogens with zero attached hydrogens (tertiary/aromatic N) is 5. The van der Waals surface area contributed by atoms with E-state index in [1.807, 2.05) is 0 Å². The summed E-state index contributed by atoms with van der Waals surface area (Å²) in [6, 6.07) is 2.84. The molecule has 2 rings (SSSR count). The van der Waals surface area contributed by atoms with Gasteiger partial charge in [0.15, 0.2) is 0 Å². The summed E-state index contributed by atoms with van der Waals surface area (Å²) in [5, 5.41) is 12.7. The van der Waals surface area contributed by atoms with Gasteiger partial charge in [-0.1, -0.05) is 11.8 Å². The molecule has 33 heavy (non-hydrogen) atoms. The number of amides is 1. The number of aromatic nitrogens is 1. The highest BCUT2D eigenvalue weighted by Gasteiger charge is 2.23. The van der Waals surface area contributed by atoms with Crippen molar-refractivity contribution in [2.45, 2.75) is 45.8 Å². The van der Waals surface area contributed by atoms with Crippen LogP contribution in [-0.2, 0) is 16.1 Å². The van der Waals surface area contributed by atoms with E-state index in [1.54, 1.807) is 20.8 Å². The molecule has 0 fully saturated rings. The number of carboxylic acid groups (broad SMARTS) is 1. The molecule has 180 valence electrons. The highest BCUT2D eigenvalue weighted by Crippen LogP contribution is 2.14. The lowest BCUT2D eigenvalue weighted by Crippen LogP contribution is -2.39. The van der Waals surface area contributed by atoms with Crippen molar-refractivity contribution in [3.8, 4) is 0 Å². The van der Waals surface area contributed by atoms with Gasteiger partial charge in [0.2, 0.25) is 0 Å².